The van der Waals surface area contributed by atoms with Gasteiger partial charge in [0.25, 0.3) is 0 Å². The molecule has 8 nitrogen and oxygen atoms in total. The van der Waals surface area contributed by atoms with Gasteiger partial charge in [-0.05, 0) is 12.8 Å². The smallest absolute Gasteiger partial charge is 0.105 e. The highest BCUT2D eigenvalue weighted by atomic mass is 16.6. The zero-order valence-corrected chi connectivity index (χ0v) is 16.4. The van der Waals surface area contributed by atoms with Gasteiger partial charge in [0, 0.05) is 0 Å². The number of nitrogens with two attached hydrogens (primary N) is 1. The Morgan fingerprint density at radius 1 is 0.654 bits per heavy atom. The first kappa shape index (κ1) is 25.7. The third-order valence-corrected chi connectivity index (χ3v) is 3.38. The molecular formula is C18H39NO7. The minimum absolute atomic E-state index is 0.0369. The second-order valence-electron chi connectivity index (χ2n) is 5.69. The average Bonchev–Trinajstić information content (AvgIpc) is 2.64. The molecule has 0 aliphatic heterocycles. The van der Waals surface area contributed by atoms with Crippen LogP contribution in [0.25, 0.3) is 0 Å². The minimum atomic E-state index is -0.185. The van der Waals surface area contributed by atoms with Crippen LogP contribution in [-0.2, 0) is 28.4 Å². The van der Waals surface area contributed by atoms with Gasteiger partial charge < -0.3 is 39.3 Å². The molecule has 0 saturated heterocycles. The van der Waals surface area contributed by atoms with Crippen molar-refractivity contribution in [2.24, 2.45) is 5.73 Å². The molecular weight excluding hydrogens is 342 g/mol. The molecule has 0 heterocycles. The summed E-state index contributed by atoms with van der Waals surface area (Å²) in [6.45, 7) is 7.75. The van der Waals surface area contributed by atoms with E-state index >= 15 is 0 Å². The molecule has 0 aromatic heterocycles. The number of hydrogen-bond donors (Lipinski definition) is 2. The van der Waals surface area contributed by atoms with Gasteiger partial charge in [-0.15, -0.1) is 0 Å². The van der Waals surface area contributed by atoms with Crippen molar-refractivity contribution in [1.82, 2.24) is 0 Å². The topological polar surface area (TPSA) is 102 Å². The molecule has 0 radical (unpaired) electrons. The van der Waals surface area contributed by atoms with Crippen molar-refractivity contribution in [1.29, 1.82) is 0 Å². The summed E-state index contributed by atoms with van der Waals surface area (Å²) in [7, 11) is 0. The summed E-state index contributed by atoms with van der Waals surface area (Å²) in [6, 6.07) is 0. The molecule has 0 spiro atoms. The van der Waals surface area contributed by atoms with Gasteiger partial charge in [-0.25, -0.2) is 0 Å². The van der Waals surface area contributed by atoms with Gasteiger partial charge in [-0.1, -0.05) is 19.8 Å². The van der Waals surface area contributed by atoms with Gasteiger partial charge in [0.1, 0.15) is 6.23 Å². The molecule has 0 rings (SSSR count). The maximum absolute atomic E-state index is 8.52. The predicted octanol–water partition coefficient (Wildman–Crippen LogP) is 0.943. The van der Waals surface area contributed by atoms with Crippen molar-refractivity contribution >= 4 is 0 Å². The number of rotatable bonds is 22. The van der Waals surface area contributed by atoms with Gasteiger partial charge in [-0.2, -0.15) is 0 Å². The molecule has 0 aliphatic rings. The number of unbranched alkanes of at least 4 members (excludes halogenated alkanes) is 2. The fourth-order valence-corrected chi connectivity index (χ4v) is 1.98. The Hall–Kier alpha value is -0.320. The van der Waals surface area contributed by atoms with Crippen LogP contribution in [0.2, 0.25) is 0 Å². The van der Waals surface area contributed by atoms with Gasteiger partial charge >= 0.3 is 0 Å². The van der Waals surface area contributed by atoms with E-state index in [0.717, 1.165) is 12.8 Å². The second-order valence-corrected chi connectivity index (χ2v) is 5.69. The first-order valence-corrected chi connectivity index (χ1v) is 9.68. The number of hydrogen-bond acceptors (Lipinski definition) is 8. The molecule has 0 aliphatic carbocycles. The zero-order chi connectivity index (χ0) is 19.1. The summed E-state index contributed by atoms with van der Waals surface area (Å²) >= 11 is 0. The molecule has 0 aromatic rings. The van der Waals surface area contributed by atoms with E-state index in [2.05, 4.69) is 6.92 Å². The molecule has 3 N–H and O–H groups in total. The van der Waals surface area contributed by atoms with Gasteiger partial charge in [0.15, 0.2) is 0 Å². The largest absolute Gasteiger partial charge is 0.394 e. The quantitative estimate of drug-likeness (QED) is 0.211. The molecule has 0 amide bonds. The summed E-state index contributed by atoms with van der Waals surface area (Å²) in [6.07, 6.45) is 4.22. The van der Waals surface area contributed by atoms with E-state index in [1.165, 1.54) is 12.8 Å². The minimum Gasteiger partial charge on any atom is -0.394 e. The van der Waals surface area contributed by atoms with Crippen LogP contribution in [0.1, 0.15) is 32.6 Å². The Bertz CT molecular complexity index is 260. The second kappa shape index (κ2) is 22.7. The van der Waals surface area contributed by atoms with Crippen LogP contribution in [0.15, 0.2) is 0 Å². The summed E-state index contributed by atoms with van der Waals surface area (Å²) < 4.78 is 32.0. The van der Waals surface area contributed by atoms with Crippen molar-refractivity contribution in [3.63, 3.8) is 0 Å². The summed E-state index contributed by atoms with van der Waals surface area (Å²) in [4.78, 5) is 0. The van der Waals surface area contributed by atoms with Gasteiger partial charge in [0.2, 0.25) is 0 Å². The molecule has 1 unspecified atom stereocenters. The Morgan fingerprint density at radius 2 is 1.08 bits per heavy atom. The van der Waals surface area contributed by atoms with Crippen LogP contribution in [0, 0.1) is 0 Å². The highest BCUT2D eigenvalue weighted by molar-refractivity contribution is 4.49. The summed E-state index contributed by atoms with van der Waals surface area (Å²) in [5.41, 5.74) is 5.84. The molecule has 0 fully saturated rings. The normalized spacial score (nSPS) is 12.6. The van der Waals surface area contributed by atoms with Crippen LogP contribution in [0.4, 0.5) is 0 Å². The fraction of sp³-hybridized carbons (Fsp3) is 1.00. The molecule has 158 valence electrons. The molecule has 1 atom stereocenters. The lowest BCUT2D eigenvalue weighted by atomic mass is 10.2. The Morgan fingerprint density at radius 3 is 1.50 bits per heavy atom. The van der Waals surface area contributed by atoms with E-state index in [4.69, 9.17) is 39.3 Å². The lowest BCUT2D eigenvalue weighted by Crippen LogP contribution is -2.25. The molecule has 0 aromatic carbocycles. The number of aliphatic hydroxyl groups excluding tert-OH is 1. The molecule has 26 heavy (non-hydrogen) atoms. The SMILES string of the molecule is CCCCCC(N)OCCOCCOCCOCCOCCOCCO. The average molecular weight is 382 g/mol. The van der Waals surface area contributed by atoms with Crippen molar-refractivity contribution in [2.45, 2.75) is 38.8 Å². The van der Waals surface area contributed by atoms with E-state index in [1.807, 2.05) is 0 Å². The van der Waals surface area contributed by atoms with Crippen molar-refractivity contribution in [3.05, 3.63) is 0 Å². The van der Waals surface area contributed by atoms with Crippen LogP contribution in [-0.4, -0.2) is 90.6 Å². The van der Waals surface area contributed by atoms with Crippen LogP contribution < -0.4 is 5.73 Å². The van der Waals surface area contributed by atoms with E-state index in [9.17, 15) is 0 Å². The lowest BCUT2D eigenvalue weighted by molar-refractivity contribution is -0.0263. The van der Waals surface area contributed by atoms with Crippen LogP contribution >= 0.6 is 0 Å². The summed E-state index contributed by atoms with van der Waals surface area (Å²) in [5, 5.41) is 8.52. The molecule has 0 saturated carbocycles. The lowest BCUT2D eigenvalue weighted by Gasteiger charge is -2.13. The van der Waals surface area contributed by atoms with E-state index in [-0.39, 0.29) is 12.8 Å². The first-order valence-electron chi connectivity index (χ1n) is 9.68. The Balaban J connectivity index is 3.05. The van der Waals surface area contributed by atoms with Gasteiger partial charge in [0.05, 0.1) is 79.3 Å². The highest BCUT2D eigenvalue weighted by Crippen LogP contribution is 2.02. The van der Waals surface area contributed by atoms with Crippen molar-refractivity contribution < 1.29 is 33.5 Å². The van der Waals surface area contributed by atoms with Crippen LogP contribution in [0.5, 0.6) is 0 Å². The fourth-order valence-electron chi connectivity index (χ4n) is 1.98. The standard InChI is InChI=1S/C18H39NO7/c1-2-3-4-5-18(19)26-17-16-25-15-14-24-13-12-23-11-10-22-9-8-21-7-6-20/h18,20H,2-17,19H2,1H3. The maximum Gasteiger partial charge on any atom is 0.105 e. The van der Waals surface area contributed by atoms with E-state index in [1.54, 1.807) is 0 Å². The Kier molecular flexibility index (Phi) is 22.4. The summed E-state index contributed by atoms with van der Waals surface area (Å²) in [5.74, 6) is 0. The maximum atomic E-state index is 8.52. The highest BCUT2D eigenvalue weighted by Gasteiger charge is 2.01. The van der Waals surface area contributed by atoms with E-state index in [0.29, 0.717) is 72.7 Å². The third-order valence-electron chi connectivity index (χ3n) is 3.38. The first-order chi connectivity index (χ1) is 12.8. The predicted molar refractivity (Wildman–Crippen MR) is 99.3 cm³/mol. The van der Waals surface area contributed by atoms with Crippen molar-refractivity contribution in [2.75, 3.05) is 79.3 Å². The zero-order valence-electron chi connectivity index (χ0n) is 16.4. The molecule has 8 heteroatoms. The van der Waals surface area contributed by atoms with E-state index < -0.39 is 0 Å². The van der Waals surface area contributed by atoms with Crippen molar-refractivity contribution in [3.8, 4) is 0 Å². The number of ether oxygens (including phenoxy) is 6. The third kappa shape index (κ3) is 21.7. The monoisotopic (exact) mass is 381 g/mol. The van der Waals surface area contributed by atoms with Crippen LogP contribution in [0.3, 0.4) is 0 Å². The molecule has 0 bridgehead atoms. The Labute approximate surface area is 158 Å². The van der Waals surface area contributed by atoms with Gasteiger partial charge in [-0.3, -0.25) is 0 Å². The number of aliphatic hydroxyl groups is 1.